The molecule has 2 aromatic heterocycles. The normalized spacial score (nSPS) is 20.2. The van der Waals surface area contributed by atoms with Gasteiger partial charge in [0.25, 0.3) is 0 Å². The molecule has 0 unspecified atom stereocenters. The van der Waals surface area contributed by atoms with Crippen LogP contribution >= 0.6 is 0 Å². The van der Waals surface area contributed by atoms with Gasteiger partial charge >= 0.3 is 0 Å². The second-order valence-electron chi connectivity index (χ2n) is 20.2. The maximum absolute atomic E-state index is 16.4. The van der Waals surface area contributed by atoms with Crippen molar-refractivity contribution >= 4 is 28.8 Å². The largest absolute Gasteiger partial charge is 0.390 e. The van der Waals surface area contributed by atoms with Gasteiger partial charge in [-0.15, -0.1) is 0 Å². The van der Waals surface area contributed by atoms with Crippen molar-refractivity contribution in [2.75, 3.05) is 100 Å². The summed E-state index contributed by atoms with van der Waals surface area (Å²) in [6, 6.07) is 36.6. The molecule has 2 fully saturated rings. The molecule has 388 valence electrons. The molecule has 4 aliphatic heterocycles. The number of unbranched alkanes of at least 4 members (excludes halogenated alkanes) is 2. The molecule has 74 heavy (non-hydrogen) atoms. The zero-order valence-corrected chi connectivity index (χ0v) is 43.0. The summed E-state index contributed by atoms with van der Waals surface area (Å²) in [5, 5.41) is 31.8. The first-order chi connectivity index (χ1) is 36.4. The summed E-state index contributed by atoms with van der Waals surface area (Å²) < 4.78 is 10.8. The van der Waals surface area contributed by atoms with E-state index in [9.17, 15) is 10.2 Å². The zero-order chi connectivity index (χ0) is 50.8. The van der Waals surface area contributed by atoms with Gasteiger partial charge in [0.15, 0.2) is 23.3 Å². The van der Waals surface area contributed by atoms with E-state index in [4.69, 9.17) is 29.4 Å². The molecule has 15 heteroatoms. The van der Waals surface area contributed by atoms with Gasteiger partial charge in [-0.05, 0) is 73.6 Å². The van der Waals surface area contributed by atoms with E-state index in [1.807, 2.05) is 60.7 Å². The van der Waals surface area contributed by atoms with Gasteiger partial charge in [-0.1, -0.05) is 109 Å². The first-order valence-corrected chi connectivity index (χ1v) is 26.8. The molecule has 4 atom stereocenters. The maximum atomic E-state index is 16.4. The maximum Gasteiger partial charge on any atom is 0.234 e. The van der Waals surface area contributed by atoms with Crippen molar-refractivity contribution in [3.63, 3.8) is 0 Å². The number of rotatable bonds is 20. The highest BCUT2D eigenvalue weighted by Crippen LogP contribution is 2.40. The average Bonchev–Trinajstić information content (AvgIpc) is 3.44. The SMILES string of the molecule is COCCCCNc1nc(-c2ccccc2)nc(C(=O)c2nc(-c3ccccc3)nc(NCCCCOC)c2N2CC[C@@H](N3CCc4ccccc4C3)[C@H](O)C2)c1N1CC[C@@H](N2CCc3ccccc3C2)[C@H](O)C1. The lowest BCUT2D eigenvalue weighted by atomic mass is 9.93. The number of hydrogen-bond acceptors (Lipinski definition) is 15. The van der Waals surface area contributed by atoms with E-state index in [1.165, 1.54) is 22.3 Å². The molecule has 4 N–H and O–H groups in total. The number of carbonyl (C=O) groups is 1. The van der Waals surface area contributed by atoms with Crippen molar-refractivity contribution in [2.24, 2.45) is 0 Å². The minimum absolute atomic E-state index is 0.0674. The monoisotopic (exact) mass is 1000 g/mol. The van der Waals surface area contributed by atoms with Gasteiger partial charge in [0, 0.05) is 116 Å². The Morgan fingerprint density at radius 2 is 0.946 bits per heavy atom. The van der Waals surface area contributed by atoms with Crippen LogP contribution in [0.25, 0.3) is 22.8 Å². The first-order valence-electron chi connectivity index (χ1n) is 26.8. The predicted molar refractivity (Wildman–Crippen MR) is 292 cm³/mol. The third kappa shape index (κ3) is 11.6. The summed E-state index contributed by atoms with van der Waals surface area (Å²) in [5.74, 6) is 1.44. The summed E-state index contributed by atoms with van der Waals surface area (Å²) in [4.78, 5) is 46.5. The van der Waals surface area contributed by atoms with Crippen molar-refractivity contribution in [3.8, 4) is 22.8 Å². The number of nitrogens with zero attached hydrogens (tertiary/aromatic N) is 8. The number of piperidine rings is 2. The second-order valence-corrected chi connectivity index (χ2v) is 20.2. The lowest BCUT2D eigenvalue weighted by Crippen LogP contribution is -2.55. The molecular weight excluding hydrogens is 929 g/mol. The van der Waals surface area contributed by atoms with Crippen molar-refractivity contribution in [3.05, 3.63) is 143 Å². The number of ketones is 1. The van der Waals surface area contributed by atoms with Crippen LogP contribution in [0.15, 0.2) is 109 Å². The van der Waals surface area contributed by atoms with Gasteiger partial charge in [0.05, 0.1) is 12.2 Å². The van der Waals surface area contributed by atoms with E-state index < -0.39 is 18.0 Å². The quantitative estimate of drug-likeness (QED) is 0.0439. The van der Waals surface area contributed by atoms with Crippen molar-refractivity contribution in [1.82, 2.24) is 29.7 Å². The van der Waals surface area contributed by atoms with Crippen LogP contribution in [0, 0.1) is 0 Å². The molecule has 4 aromatic carbocycles. The number of anilines is 4. The molecule has 0 spiro atoms. The van der Waals surface area contributed by atoms with Crippen LogP contribution in [0.4, 0.5) is 23.0 Å². The number of nitrogens with one attached hydrogen (secondary N) is 2. The molecule has 15 nitrogen and oxygen atoms in total. The summed E-state index contributed by atoms with van der Waals surface area (Å²) in [7, 11) is 3.42. The van der Waals surface area contributed by atoms with E-state index in [0.29, 0.717) is 86.9 Å². The first kappa shape index (κ1) is 51.2. The second kappa shape index (κ2) is 24.3. The molecule has 6 heterocycles. The smallest absolute Gasteiger partial charge is 0.234 e. The van der Waals surface area contributed by atoms with Crippen LogP contribution in [-0.2, 0) is 35.4 Å². The van der Waals surface area contributed by atoms with Crippen LogP contribution in [0.5, 0.6) is 0 Å². The fourth-order valence-electron chi connectivity index (χ4n) is 11.5. The van der Waals surface area contributed by atoms with E-state index in [1.54, 1.807) is 14.2 Å². The molecule has 6 aromatic rings. The summed E-state index contributed by atoms with van der Waals surface area (Å²) in [6.45, 7) is 7.37. The van der Waals surface area contributed by atoms with Crippen LogP contribution in [0.1, 0.15) is 77.0 Å². The standard InChI is InChI=1S/C59H72N10O5/c1-73-35-15-13-29-60-58-53(68-33-27-47(49(70)39-68)66-31-25-41-17-9-11-23-45(41)37-66)51(62-56(64-58)43-19-5-3-6-20-43)55(72)52-54(59(61-30-14-16-36-74-2)65-57(63-52)44-21-7-4-8-22-44)69-34-28-48(50(71)40-69)67-32-26-42-18-10-12-24-46(42)38-67/h3-12,17-24,47-50,70-71H,13-16,25-40H2,1-2H3,(H,60,62,64)(H,61,63,65)/t47-,48-,49-,50-/m1/s1. The Hall–Kier alpha value is -6.33. The van der Waals surface area contributed by atoms with Gasteiger partial charge < -0.3 is 40.1 Å². The van der Waals surface area contributed by atoms with Crippen LogP contribution in [0.3, 0.4) is 0 Å². The lowest BCUT2D eigenvalue weighted by Gasteiger charge is -2.45. The van der Waals surface area contributed by atoms with Gasteiger partial charge in [0.1, 0.15) is 22.8 Å². The molecule has 0 amide bonds. The van der Waals surface area contributed by atoms with E-state index in [-0.39, 0.29) is 36.6 Å². The number of ether oxygens (including phenoxy) is 2. The van der Waals surface area contributed by atoms with Crippen molar-refractivity contribution in [2.45, 2.75) is 88.7 Å². The Morgan fingerprint density at radius 1 is 0.541 bits per heavy atom. The van der Waals surface area contributed by atoms with Gasteiger partial charge in [-0.25, -0.2) is 19.9 Å². The minimum Gasteiger partial charge on any atom is -0.390 e. The average molecular weight is 1000 g/mol. The van der Waals surface area contributed by atoms with Gasteiger partial charge in [-0.2, -0.15) is 0 Å². The Balaban J connectivity index is 1.07. The number of β-amino-alcohol motifs (C(OH)–C–C–N with tert-alkyl or cyclic N) is 2. The number of methoxy groups -OCH3 is 2. The molecule has 10 rings (SSSR count). The van der Waals surface area contributed by atoms with Crippen molar-refractivity contribution in [1.29, 1.82) is 0 Å². The fourth-order valence-corrected chi connectivity index (χ4v) is 11.5. The summed E-state index contributed by atoms with van der Waals surface area (Å²) in [5.41, 5.74) is 8.30. The Bertz CT molecular complexity index is 2630. The molecule has 0 radical (unpaired) electrons. The molecule has 4 aliphatic rings. The molecule has 2 saturated heterocycles. The highest BCUT2D eigenvalue weighted by molar-refractivity contribution is 6.15. The summed E-state index contributed by atoms with van der Waals surface area (Å²) in [6.07, 6.45) is 5.08. The van der Waals surface area contributed by atoms with E-state index in [2.05, 4.69) is 78.8 Å². The highest BCUT2D eigenvalue weighted by atomic mass is 16.5. The number of aliphatic hydroxyl groups is 2. The number of benzene rings is 4. The number of fused-ring (bicyclic) bond motifs is 2. The molecule has 0 bridgehead atoms. The van der Waals surface area contributed by atoms with Crippen LogP contribution in [-0.4, -0.2) is 150 Å². The minimum atomic E-state index is -0.718. The highest BCUT2D eigenvalue weighted by Gasteiger charge is 2.40. The van der Waals surface area contributed by atoms with Crippen LogP contribution in [0.2, 0.25) is 0 Å². The predicted octanol–water partition coefficient (Wildman–Crippen LogP) is 7.50. The zero-order valence-electron chi connectivity index (χ0n) is 43.0. The number of aromatic nitrogens is 4. The third-order valence-corrected chi connectivity index (χ3v) is 15.4. The molecule has 0 saturated carbocycles. The summed E-state index contributed by atoms with van der Waals surface area (Å²) >= 11 is 0. The van der Waals surface area contributed by atoms with Gasteiger partial charge in [0.2, 0.25) is 5.78 Å². The van der Waals surface area contributed by atoms with E-state index >= 15 is 4.79 Å². The van der Waals surface area contributed by atoms with Gasteiger partial charge in [-0.3, -0.25) is 14.6 Å². The van der Waals surface area contributed by atoms with E-state index in [0.717, 1.165) is 75.8 Å². The number of hydrogen-bond donors (Lipinski definition) is 4. The molecule has 0 aliphatic carbocycles. The van der Waals surface area contributed by atoms with Crippen LogP contribution < -0.4 is 20.4 Å². The topological polar surface area (TPSA) is 165 Å². The number of aliphatic hydroxyl groups excluding tert-OH is 2. The number of carbonyl (C=O) groups excluding carboxylic acids is 1. The Labute approximate surface area is 436 Å². The Kier molecular flexibility index (Phi) is 16.8. The fraction of sp³-hybridized carbons (Fsp3) is 0.441. The molecular formula is C59H72N10O5. The lowest BCUT2D eigenvalue weighted by molar-refractivity contribution is 0.0294. The third-order valence-electron chi connectivity index (χ3n) is 15.4. The Morgan fingerprint density at radius 3 is 1.35 bits per heavy atom. The van der Waals surface area contributed by atoms with Crippen molar-refractivity contribution < 1.29 is 24.5 Å².